The lowest BCUT2D eigenvalue weighted by molar-refractivity contribution is 0.0694. The second-order valence-electron chi connectivity index (χ2n) is 5.93. The summed E-state index contributed by atoms with van der Waals surface area (Å²) in [6.45, 7) is 1.45. The maximum absolute atomic E-state index is 14.9. The Bertz CT molecular complexity index is 912. The molecular formula is C17H23F2N3O6. The van der Waals surface area contributed by atoms with Crippen molar-refractivity contribution in [3.63, 3.8) is 0 Å². The lowest BCUT2D eigenvalue weighted by Gasteiger charge is -2.31. The molecule has 1 aromatic heterocycles. The van der Waals surface area contributed by atoms with Crippen molar-refractivity contribution in [2.24, 2.45) is 0 Å². The summed E-state index contributed by atoms with van der Waals surface area (Å²) < 4.78 is 34.6. The number of fused-ring (bicyclic) bond motifs is 1. The molecule has 1 aromatic carbocycles. The molecule has 2 heterocycles. The molecule has 6 N–H and O–H groups in total. The second kappa shape index (κ2) is 9.44. The van der Waals surface area contributed by atoms with E-state index in [4.69, 9.17) is 4.74 Å². The summed E-state index contributed by atoms with van der Waals surface area (Å²) in [6.07, 6.45) is 1.08. The number of aromatic carboxylic acids is 1. The number of halogens is 2. The SMILES string of the molecule is COc1c(N2CCNCC2)c(F)cc2c(=O)c(C(=O)O)cn(CCF)c12.O.O. The van der Waals surface area contributed by atoms with Gasteiger partial charge < -0.3 is 35.6 Å². The number of anilines is 1. The first-order valence-corrected chi connectivity index (χ1v) is 8.18. The molecule has 0 unspecified atom stereocenters. The van der Waals surface area contributed by atoms with E-state index in [1.54, 1.807) is 4.90 Å². The first-order chi connectivity index (χ1) is 12.5. The summed E-state index contributed by atoms with van der Waals surface area (Å²) in [7, 11) is 1.34. The van der Waals surface area contributed by atoms with E-state index >= 15 is 0 Å². The number of methoxy groups -OCH3 is 1. The summed E-state index contributed by atoms with van der Waals surface area (Å²) in [5.41, 5.74) is -0.985. The highest BCUT2D eigenvalue weighted by Crippen LogP contribution is 2.38. The van der Waals surface area contributed by atoms with Gasteiger partial charge in [-0.1, -0.05) is 0 Å². The normalized spacial score (nSPS) is 13.6. The first-order valence-electron chi connectivity index (χ1n) is 8.18. The molecular weight excluding hydrogens is 380 g/mol. The fourth-order valence-corrected chi connectivity index (χ4v) is 3.28. The Kier molecular flexibility index (Phi) is 7.85. The standard InChI is InChI=1S/C17H19F2N3O4.2H2O/c1-26-16-13-10(8-12(19)14(16)21-6-3-20-4-7-21)15(23)11(17(24)25)9-22(13)5-2-18;;/h8-9,20H,2-7H2,1H3,(H,24,25);2*1H2. The van der Waals surface area contributed by atoms with Crippen molar-refractivity contribution in [1.29, 1.82) is 0 Å². The second-order valence-corrected chi connectivity index (χ2v) is 5.93. The molecule has 0 atom stereocenters. The van der Waals surface area contributed by atoms with Crippen molar-refractivity contribution < 1.29 is 34.4 Å². The van der Waals surface area contributed by atoms with Gasteiger partial charge in [-0.15, -0.1) is 0 Å². The Morgan fingerprint density at radius 1 is 1.32 bits per heavy atom. The van der Waals surface area contributed by atoms with Crippen molar-refractivity contribution in [3.8, 4) is 5.75 Å². The molecule has 0 spiro atoms. The van der Waals surface area contributed by atoms with E-state index in [0.717, 1.165) is 12.3 Å². The summed E-state index contributed by atoms with van der Waals surface area (Å²) in [5.74, 6) is -2.03. The Balaban J connectivity index is 0.00000196. The minimum absolute atomic E-state index is 0. The van der Waals surface area contributed by atoms with Gasteiger partial charge in [0, 0.05) is 32.4 Å². The van der Waals surface area contributed by atoms with Gasteiger partial charge in [-0.05, 0) is 6.07 Å². The molecule has 1 aliphatic heterocycles. The fraction of sp³-hybridized carbons (Fsp3) is 0.412. The highest BCUT2D eigenvalue weighted by Gasteiger charge is 2.26. The highest BCUT2D eigenvalue weighted by atomic mass is 19.1. The average molecular weight is 403 g/mol. The number of carboxylic acid groups (broad SMARTS) is 1. The topological polar surface area (TPSA) is 147 Å². The Hall–Kier alpha value is -2.76. The van der Waals surface area contributed by atoms with Crippen LogP contribution in [-0.2, 0) is 6.54 Å². The number of carboxylic acids is 1. The van der Waals surface area contributed by atoms with Crippen LogP contribution in [-0.4, -0.2) is 66.6 Å². The zero-order valence-corrected chi connectivity index (χ0v) is 15.2. The fourth-order valence-electron chi connectivity index (χ4n) is 3.28. The van der Waals surface area contributed by atoms with Gasteiger partial charge in [-0.25, -0.2) is 13.6 Å². The summed E-state index contributed by atoms with van der Waals surface area (Å²) in [4.78, 5) is 25.6. The molecule has 0 aliphatic carbocycles. The third-order valence-corrected chi connectivity index (χ3v) is 4.44. The molecule has 1 aliphatic rings. The molecule has 0 amide bonds. The van der Waals surface area contributed by atoms with Gasteiger partial charge in [0.1, 0.15) is 17.9 Å². The van der Waals surface area contributed by atoms with E-state index in [2.05, 4.69) is 5.32 Å². The van der Waals surface area contributed by atoms with Crippen LogP contribution < -0.4 is 20.4 Å². The van der Waals surface area contributed by atoms with Crippen molar-refractivity contribution in [3.05, 3.63) is 33.9 Å². The Morgan fingerprint density at radius 2 is 1.96 bits per heavy atom. The van der Waals surface area contributed by atoms with Crippen LogP contribution in [0, 0.1) is 5.82 Å². The van der Waals surface area contributed by atoms with E-state index in [1.165, 1.54) is 11.7 Å². The minimum Gasteiger partial charge on any atom is -0.492 e. The molecule has 156 valence electrons. The summed E-state index contributed by atoms with van der Waals surface area (Å²) in [6, 6.07) is 1.01. The quantitative estimate of drug-likeness (QED) is 0.693. The van der Waals surface area contributed by atoms with Crippen LogP contribution in [0.3, 0.4) is 0 Å². The number of hydrogen-bond acceptors (Lipinski definition) is 5. The van der Waals surface area contributed by atoms with E-state index < -0.39 is 29.5 Å². The van der Waals surface area contributed by atoms with E-state index in [-0.39, 0.29) is 39.8 Å². The van der Waals surface area contributed by atoms with Crippen LogP contribution in [0.15, 0.2) is 17.1 Å². The number of benzene rings is 1. The molecule has 9 nitrogen and oxygen atoms in total. The summed E-state index contributed by atoms with van der Waals surface area (Å²) in [5, 5.41) is 12.2. The number of alkyl halides is 1. The Morgan fingerprint density at radius 3 is 2.50 bits per heavy atom. The largest absolute Gasteiger partial charge is 0.492 e. The molecule has 0 saturated carbocycles. The predicted molar refractivity (Wildman–Crippen MR) is 100.0 cm³/mol. The molecule has 1 saturated heterocycles. The van der Waals surface area contributed by atoms with E-state index in [1.807, 2.05) is 0 Å². The van der Waals surface area contributed by atoms with Crippen molar-refractivity contribution >= 4 is 22.6 Å². The van der Waals surface area contributed by atoms with Crippen LogP contribution in [0.25, 0.3) is 10.9 Å². The van der Waals surface area contributed by atoms with Crippen LogP contribution in [0.4, 0.5) is 14.5 Å². The first kappa shape index (κ1) is 23.3. The smallest absolute Gasteiger partial charge is 0.341 e. The highest BCUT2D eigenvalue weighted by molar-refractivity contribution is 5.97. The molecule has 0 bridgehead atoms. The number of pyridine rings is 1. The number of nitrogens with one attached hydrogen (secondary N) is 1. The van der Waals surface area contributed by atoms with Gasteiger partial charge in [0.25, 0.3) is 0 Å². The monoisotopic (exact) mass is 403 g/mol. The third-order valence-electron chi connectivity index (χ3n) is 4.44. The average Bonchev–Trinajstić information content (AvgIpc) is 2.63. The number of piperazine rings is 1. The van der Waals surface area contributed by atoms with Crippen LogP contribution in [0.2, 0.25) is 0 Å². The van der Waals surface area contributed by atoms with Gasteiger partial charge in [0.2, 0.25) is 5.43 Å². The van der Waals surface area contributed by atoms with Crippen LogP contribution >= 0.6 is 0 Å². The number of hydrogen-bond donors (Lipinski definition) is 2. The number of carbonyl (C=O) groups is 1. The molecule has 11 heteroatoms. The number of nitrogens with zero attached hydrogens (tertiary/aromatic N) is 2. The number of rotatable bonds is 5. The van der Waals surface area contributed by atoms with Gasteiger partial charge in [0.05, 0.1) is 24.6 Å². The maximum atomic E-state index is 14.9. The van der Waals surface area contributed by atoms with E-state index in [9.17, 15) is 23.5 Å². The van der Waals surface area contributed by atoms with Crippen molar-refractivity contribution in [2.45, 2.75) is 6.54 Å². The van der Waals surface area contributed by atoms with E-state index in [0.29, 0.717) is 26.2 Å². The zero-order valence-electron chi connectivity index (χ0n) is 15.2. The molecule has 2 aromatic rings. The van der Waals surface area contributed by atoms with Crippen LogP contribution in [0.1, 0.15) is 10.4 Å². The predicted octanol–water partition coefficient (Wildman–Crippen LogP) is -0.423. The Labute approximate surface area is 158 Å². The zero-order chi connectivity index (χ0) is 18.8. The number of ether oxygens (including phenoxy) is 1. The maximum Gasteiger partial charge on any atom is 0.341 e. The van der Waals surface area contributed by atoms with Crippen LogP contribution in [0.5, 0.6) is 5.75 Å². The third kappa shape index (κ3) is 3.91. The van der Waals surface area contributed by atoms with Crippen molar-refractivity contribution in [2.75, 3.05) is 44.9 Å². The number of aryl methyl sites for hydroxylation is 1. The van der Waals surface area contributed by atoms with Gasteiger partial charge in [-0.2, -0.15) is 0 Å². The molecule has 1 fully saturated rings. The van der Waals surface area contributed by atoms with Gasteiger partial charge >= 0.3 is 5.97 Å². The summed E-state index contributed by atoms with van der Waals surface area (Å²) >= 11 is 0. The molecule has 3 rings (SSSR count). The van der Waals surface area contributed by atoms with Gasteiger partial charge in [0.15, 0.2) is 11.6 Å². The van der Waals surface area contributed by atoms with Crippen molar-refractivity contribution in [1.82, 2.24) is 9.88 Å². The molecule has 0 radical (unpaired) electrons. The lowest BCUT2D eigenvalue weighted by atomic mass is 10.1. The molecule has 28 heavy (non-hydrogen) atoms. The lowest BCUT2D eigenvalue weighted by Crippen LogP contribution is -2.44. The number of aromatic nitrogens is 1. The minimum atomic E-state index is -1.45. The van der Waals surface area contributed by atoms with Gasteiger partial charge in [-0.3, -0.25) is 4.79 Å².